The van der Waals surface area contributed by atoms with E-state index in [-0.39, 0.29) is 12.3 Å². The van der Waals surface area contributed by atoms with Crippen molar-refractivity contribution >= 4 is 43.4 Å². The van der Waals surface area contributed by atoms with E-state index in [2.05, 4.69) is 10.3 Å². The van der Waals surface area contributed by atoms with Crippen molar-refractivity contribution in [3.63, 3.8) is 0 Å². The summed E-state index contributed by atoms with van der Waals surface area (Å²) in [5.41, 5.74) is 1.60. The Morgan fingerprint density at radius 2 is 2.12 bits per heavy atom. The molecule has 0 saturated carbocycles. The molecule has 126 valence electrons. The van der Waals surface area contributed by atoms with Crippen LogP contribution in [-0.2, 0) is 0 Å². The number of thiazole rings is 1. The highest BCUT2D eigenvalue weighted by atomic mass is 32.1. The molecule has 4 rings (SSSR count). The van der Waals surface area contributed by atoms with Crippen molar-refractivity contribution in [3.05, 3.63) is 54.3 Å². The third-order valence-electron chi connectivity index (χ3n) is 3.77. The Kier molecular flexibility index (Phi) is 4.11. The minimum atomic E-state index is -0.106. The van der Waals surface area contributed by atoms with Gasteiger partial charge in [-0.3, -0.25) is 4.79 Å². The first-order chi connectivity index (χ1) is 12.2. The minimum absolute atomic E-state index is 0.106. The Morgan fingerprint density at radius 1 is 1.24 bits per heavy atom. The number of furan rings is 1. The van der Waals surface area contributed by atoms with Gasteiger partial charge in [0.25, 0.3) is 0 Å². The zero-order chi connectivity index (χ0) is 17.2. The number of rotatable bonds is 6. The summed E-state index contributed by atoms with van der Waals surface area (Å²) in [7, 11) is 0. The lowest BCUT2D eigenvalue weighted by molar-refractivity contribution is 0.0982. The molecule has 4 aromatic rings. The fraction of sp³-hybridized carbons (Fsp3) is 0.158. The van der Waals surface area contributed by atoms with Gasteiger partial charge in [-0.15, -0.1) is 0 Å². The van der Waals surface area contributed by atoms with Crippen molar-refractivity contribution in [2.45, 2.75) is 6.92 Å². The number of carbonyl (C=O) groups excluding carboxylic acids is 1. The first-order valence-corrected chi connectivity index (χ1v) is 8.83. The molecule has 2 heterocycles. The Morgan fingerprint density at radius 3 is 2.96 bits per heavy atom. The quantitative estimate of drug-likeness (QED) is 0.508. The van der Waals surface area contributed by atoms with Crippen molar-refractivity contribution < 1.29 is 13.9 Å². The molecule has 0 aliphatic heterocycles. The van der Waals surface area contributed by atoms with Crippen molar-refractivity contribution in [3.8, 4) is 5.75 Å². The summed E-state index contributed by atoms with van der Waals surface area (Å²) in [6.45, 7) is 2.72. The fourth-order valence-electron chi connectivity index (χ4n) is 2.60. The SMILES string of the molecule is CCOc1ccc2nc(NCC(=O)c3cc4ccccc4o3)sc2c1. The number of benzene rings is 2. The first kappa shape index (κ1) is 15.7. The van der Waals surface area contributed by atoms with Gasteiger partial charge in [-0.25, -0.2) is 4.98 Å². The lowest BCUT2D eigenvalue weighted by Crippen LogP contribution is -2.12. The van der Waals surface area contributed by atoms with E-state index in [1.54, 1.807) is 6.07 Å². The molecule has 0 saturated heterocycles. The number of hydrogen-bond acceptors (Lipinski definition) is 6. The van der Waals surface area contributed by atoms with Crippen molar-refractivity contribution in [1.82, 2.24) is 4.98 Å². The number of ether oxygens (including phenoxy) is 1. The van der Waals surface area contributed by atoms with Gasteiger partial charge >= 0.3 is 0 Å². The molecule has 0 bridgehead atoms. The Hall–Kier alpha value is -2.86. The summed E-state index contributed by atoms with van der Waals surface area (Å²) in [6.07, 6.45) is 0. The number of para-hydroxylation sites is 1. The van der Waals surface area contributed by atoms with Crippen LogP contribution in [0, 0.1) is 0 Å². The molecule has 1 N–H and O–H groups in total. The zero-order valence-electron chi connectivity index (χ0n) is 13.6. The lowest BCUT2D eigenvalue weighted by atomic mass is 10.2. The van der Waals surface area contributed by atoms with Crippen LogP contribution in [0.4, 0.5) is 5.13 Å². The standard InChI is InChI=1S/C19H16N2O3S/c1-2-23-13-7-8-14-18(10-13)25-19(21-14)20-11-15(22)17-9-12-5-3-4-6-16(12)24-17/h3-10H,2,11H2,1H3,(H,20,21). The predicted octanol–water partition coefficient (Wildman–Crippen LogP) is 4.74. The smallest absolute Gasteiger partial charge is 0.217 e. The normalized spacial score (nSPS) is 11.1. The number of nitrogens with one attached hydrogen (secondary N) is 1. The van der Waals surface area contributed by atoms with Crippen molar-refractivity contribution in [2.75, 3.05) is 18.5 Å². The number of anilines is 1. The van der Waals surface area contributed by atoms with Crippen LogP contribution in [0.5, 0.6) is 5.75 Å². The maximum Gasteiger partial charge on any atom is 0.217 e. The van der Waals surface area contributed by atoms with Gasteiger partial charge in [-0.2, -0.15) is 0 Å². The summed E-state index contributed by atoms with van der Waals surface area (Å²) in [5.74, 6) is 1.07. The molecule has 0 aliphatic rings. The number of hydrogen-bond donors (Lipinski definition) is 1. The number of fused-ring (bicyclic) bond motifs is 2. The van der Waals surface area contributed by atoms with Crippen LogP contribution >= 0.6 is 11.3 Å². The highest BCUT2D eigenvalue weighted by Gasteiger charge is 2.13. The number of aromatic nitrogens is 1. The molecular formula is C19H16N2O3S. The highest BCUT2D eigenvalue weighted by molar-refractivity contribution is 7.22. The van der Waals surface area contributed by atoms with E-state index < -0.39 is 0 Å². The molecule has 6 heteroatoms. The van der Waals surface area contributed by atoms with Crippen LogP contribution < -0.4 is 10.1 Å². The predicted molar refractivity (Wildman–Crippen MR) is 99.8 cm³/mol. The zero-order valence-corrected chi connectivity index (χ0v) is 14.4. The summed E-state index contributed by atoms with van der Waals surface area (Å²) >= 11 is 1.49. The fourth-order valence-corrected chi connectivity index (χ4v) is 3.49. The average molecular weight is 352 g/mol. The van der Waals surface area contributed by atoms with Crippen LogP contribution in [0.3, 0.4) is 0 Å². The van der Waals surface area contributed by atoms with E-state index in [1.165, 1.54) is 11.3 Å². The minimum Gasteiger partial charge on any atom is -0.494 e. The summed E-state index contributed by atoms with van der Waals surface area (Å²) in [5, 5.41) is 4.71. The second kappa shape index (κ2) is 6.57. The van der Waals surface area contributed by atoms with Crippen LogP contribution in [0.2, 0.25) is 0 Å². The van der Waals surface area contributed by atoms with Crippen LogP contribution in [0.1, 0.15) is 17.5 Å². The van der Waals surface area contributed by atoms with Gasteiger partial charge in [0.1, 0.15) is 11.3 Å². The van der Waals surface area contributed by atoms with E-state index in [4.69, 9.17) is 9.15 Å². The van der Waals surface area contributed by atoms with Crippen LogP contribution in [-0.4, -0.2) is 23.9 Å². The Balaban J connectivity index is 1.48. The van der Waals surface area contributed by atoms with Crippen LogP contribution in [0.25, 0.3) is 21.2 Å². The van der Waals surface area contributed by atoms with E-state index in [1.807, 2.05) is 49.4 Å². The van der Waals surface area contributed by atoms with E-state index >= 15 is 0 Å². The molecule has 25 heavy (non-hydrogen) atoms. The van der Waals surface area contributed by atoms with Crippen LogP contribution in [0.15, 0.2) is 52.9 Å². The highest BCUT2D eigenvalue weighted by Crippen LogP contribution is 2.29. The second-order valence-corrected chi connectivity index (χ2v) is 6.54. The third kappa shape index (κ3) is 3.21. The largest absolute Gasteiger partial charge is 0.494 e. The topological polar surface area (TPSA) is 64.4 Å². The molecule has 2 aromatic heterocycles. The summed E-state index contributed by atoms with van der Waals surface area (Å²) in [4.78, 5) is 16.8. The van der Waals surface area contributed by atoms with Crippen molar-refractivity contribution in [1.29, 1.82) is 0 Å². The molecule has 0 atom stereocenters. The molecule has 2 aromatic carbocycles. The van der Waals surface area contributed by atoms with Gasteiger partial charge in [0, 0.05) is 5.39 Å². The summed E-state index contributed by atoms with van der Waals surface area (Å²) < 4.78 is 12.1. The average Bonchev–Trinajstić information content (AvgIpc) is 3.23. The molecule has 0 aliphatic carbocycles. The van der Waals surface area contributed by atoms with Gasteiger partial charge < -0.3 is 14.5 Å². The maximum atomic E-state index is 12.3. The van der Waals surface area contributed by atoms with Gasteiger partial charge in [0.2, 0.25) is 5.78 Å². The number of nitrogens with zero attached hydrogens (tertiary/aromatic N) is 1. The molecule has 0 unspecified atom stereocenters. The molecule has 0 fully saturated rings. The molecule has 0 spiro atoms. The van der Waals surface area contributed by atoms with Gasteiger partial charge in [0.15, 0.2) is 10.9 Å². The van der Waals surface area contributed by atoms with Gasteiger partial charge in [-0.1, -0.05) is 29.5 Å². The second-order valence-electron chi connectivity index (χ2n) is 5.51. The molecule has 5 nitrogen and oxygen atoms in total. The third-order valence-corrected chi connectivity index (χ3v) is 4.75. The Bertz CT molecular complexity index is 1020. The van der Waals surface area contributed by atoms with E-state index in [0.29, 0.717) is 23.1 Å². The number of carbonyl (C=O) groups is 1. The van der Waals surface area contributed by atoms with E-state index in [9.17, 15) is 4.79 Å². The van der Waals surface area contributed by atoms with Gasteiger partial charge in [0.05, 0.1) is 23.4 Å². The molecule has 0 amide bonds. The van der Waals surface area contributed by atoms with Crippen molar-refractivity contribution in [2.24, 2.45) is 0 Å². The monoisotopic (exact) mass is 352 g/mol. The lowest BCUT2D eigenvalue weighted by Gasteiger charge is -2.00. The Labute approximate surface area is 148 Å². The van der Waals surface area contributed by atoms with Gasteiger partial charge in [-0.05, 0) is 37.3 Å². The van der Waals surface area contributed by atoms with E-state index in [0.717, 1.165) is 21.4 Å². The summed E-state index contributed by atoms with van der Waals surface area (Å²) in [6, 6.07) is 15.1. The maximum absolute atomic E-state index is 12.3. The molecule has 0 radical (unpaired) electrons. The number of Topliss-reactive ketones (excluding diaryl/α,β-unsaturated/α-hetero) is 1. The number of ketones is 1. The first-order valence-electron chi connectivity index (χ1n) is 8.02. The molecular weight excluding hydrogens is 336 g/mol.